The maximum absolute atomic E-state index is 14.2. The summed E-state index contributed by atoms with van der Waals surface area (Å²) in [7, 11) is 1.84. The Morgan fingerprint density at radius 2 is 1.70 bits per heavy atom. The van der Waals surface area contributed by atoms with Crippen LogP contribution in [-0.4, -0.2) is 42.9 Å². The first-order valence-corrected chi connectivity index (χ1v) is 14.6. The molecule has 2 aromatic heterocycles. The highest BCUT2D eigenvalue weighted by atomic mass is 35.5. The molecule has 2 bridgehead atoms. The van der Waals surface area contributed by atoms with Gasteiger partial charge >= 0.3 is 0 Å². The largest absolute Gasteiger partial charge is 0.343 e. The molecule has 1 atom stereocenters. The van der Waals surface area contributed by atoms with Crippen LogP contribution < -0.4 is 16.2 Å². The predicted octanol–water partition coefficient (Wildman–Crippen LogP) is 5.10. The monoisotopic (exact) mass is 602 g/mol. The van der Waals surface area contributed by atoms with Crippen LogP contribution in [-0.2, 0) is 23.1 Å². The van der Waals surface area contributed by atoms with E-state index in [-0.39, 0.29) is 43.2 Å². The van der Waals surface area contributed by atoms with E-state index in [1.54, 1.807) is 45.9 Å². The lowest BCUT2D eigenvalue weighted by Gasteiger charge is -2.64. The van der Waals surface area contributed by atoms with Crippen molar-refractivity contribution in [2.75, 3.05) is 5.32 Å². The lowest BCUT2D eigenvalue weighted by Crippen LogP contribution is -2.71. The molecule has 0 spiro atoms. The zero-order chi connectivity index (χ0) is 30.5. The summed E-state index contributed by atoms with van der Waals surface area (Å²) in [6, 6.07) is 14.9. The van der Waals surface area contributed by atoms with E-state index < -0.39 is 23.0 Å². The fourth-order valence-corrected chi connectivity index (χ4v) is 6.31. The van der Waals surface area contributed by atoms with Crippen LogP contribution in [0.5, 0.6) is 0 Å². The first-order valence-electron chi connectivity index (χ1n) is 14.2. The number of hydrogen-bond donors (Lipinski definition) is 2. The molecule has 0 radical (unpaired) electrons. The van der Waals surface area contributed by atoms with Crippen molar-refractivity contribution < 1.29 is 14.0 Å². The Balaban J connectivity index is 1.25. The molecular formula is C32H32ClFN6O3. The molecule has 43 heavy (non-hydrogen) atoms. The average molecular weight is 603 g/mol. The van der Waals surface area contributed by atoms with Crippen molar-refractivity contribution >= 4 is 29.1 Å². The quantitative estimate of drug-likeness (QED) is 0.277. The topological polar surface area (TPSA) is 111 Å². The Morgan fingerprint density at radius 3 is 2.33 bits per heavy atom. The van der Waals surface area contributed by atoms with Crippen molar-refractivity contribution in [2.45, 2.75) is 57.3 Å². The van der Waals surface area contributed by atoms with E-state index >= 15 is 0 Å². The minimum absolute atomic E-state index is 0.0163. The minimum Gasteiger partial charge on any atom is -0.343 e. The molecule has 1 unspecified atom stereocenters. The van der Waals surface area contributed by atoms with Gasteiger partial charge in [-0.2, -0.15) is 0 Å². The third-order valence-corrected chi connectivity index (χ3v) is 8.86. The molecule has 2 N–H and O–H groups in total. The van der Waals surface area contributed by atoms with Gasteiger partial charge in [-0.3, -0.25) is 14.4 Å². The van der Waals surface area contributed by atoms with E-state index in [1.807, 2.05) is 45.2 Å². The summed E-state index contributed by atoms with van der Waals surface area (Å²) < 4.78 is 17.7. The number of carbonyl (C=O) groups excluding carboxylic acids is 2. The molecule has 2 aromatic carbocycles. The fraction of sp³-hybridized carbons (Fsp3) is 0.344. The average Bonchev–Trinajstić information content (AvgIpc) is 3.37. The Morgan fingerprint density at radius 1 is 1.02 bits per heavy atom. The van der Waals surface area contributed by atoms with Crippen LogP contribution in [0.3, 0.4) is 0 Å². The highest BCUT2D eigenvalue weighted by molar-refractivity contribution is 6.31. The molecule has 11 heteroatoms. The molecule has 222 valence electrons. The normalized spacial score (nSPS) is 21.1. The SMILES string of the molecule is CC(C)n1cc(-c2ccc(Cl)c(CC(NC(=O)C34CC(F)(C3)C4)C(=O)Nc3ccc(-c4nncn4C)cc3)c2)ccc1=O. The van der Waals surface area contributed by atoms with Crippen molar-refractivity contribution in [2.24, 2.45) is 12.5 Å². The minimum atomic E-state index is -1.25. The summed E-state index contributed by atoms with van der Waals surface area (Å²) in [5.74, 6) is -0.0530. The smallest absolute Gasteiger partial charge is 0.250 e. The number of nitrogens with one attached hydrogen (secondary N) is 2. The number of amides is 2. The van der Waals surface area contributed by atoms with Gasteiger partial charge in [-0.1, -0.05) is 17.7 Å². The van der Waals surface area contributed by atoms with Crippen LogP contribution in [0.4, 0.5) is 10.1 Å². The highest BCUT2D eigenvalue weighted by Crippen LogP contribution is 2.69. The number of carbonyl (C=O) groups is 2. The number of pyridine rings is 1. The number of aromatic nitrogens is 4. The molecule has 3 aliphatic rings. The molecular weight excluding hydrogens is 571 g/mol. The van der Waals surface area contributed by atoms with Crippen LogP contribution in [0.2, 0.25) is 5.02 Å². The van der Waals surface area contributed by atoms with Gasteiger partial charge in [0.05, 0.1) is 5.41 Å². The zero-order valence-corrected chi connectivity index (χ0v) is 24.9. The maximum atomic E-state index is 14.2. The molecule has 2 amide bonds. The standard InChI is InChI=1S/C32H32ClFN6O3/c1-19(2)40-14-22(7-11-27(40)41)21-6-10-25(33)23(12-21)13-26(37-30(43)31-15-32(34,16-31)17-31)29(42)36-24-8-4-20(5-9-24)28-38-35-18-39(28)3/h4-12,14,18-19,26H,13,15-17H2,1-3H3,(H,36,42)(H,37,43). The molecule has 3 aliphatic carbocycles. The van der Waals surface area contributed by atoms with Crippen molar-refractivity contribution in [3.63, 3.8) is 0 Å². The second kappa shape index (κ2) is 10.8. The first kappa shape index (κ1) is 28.8. The van der Waals surface area contributed by atoms with Gasteiger partial charge in [-0.25, -0.2) is 4.39 Å². The third-order valence-electron chi connectivity index (χ3n) is 8.49. The molecule has 7 rings (SSSR count). The maximum Gasteiger partial charge on any atom is 0.250 e. The summed E-state index contributed by atoms with van der Waals surface area (Å²) in [6.45, 7) is 3.87. The van der Waals surface area contributed by atoms with Gasteiger partial charge in [0.2, 0.25) is 11.8 Å². The number of aryl methyl sites for hydroxylation is 1. The van der Waals surface area contributed by atoms with Crippen LogP contribution in [0.25, 0.3) is 22.5 Å². The van der Waals surface area contributed by atoms with Gasteiger partial charge in [0.25, 0.3) is 5.56 Å². The zero-order valence-electron chi connectivity index (χ0n) is 24.1. The van der Waals surface area contributed by atoms with Crippen molar-refractivity contribution in [3.05, 3.63) is 88.1 Å². The fourth-order valence-electron chi connectivity index (χ4n) is 6.11. The van der Waals surface area contributed by atoms with Gasteiger partial charge in [0.1, 0.15) is 18.0 Å². The third kappa shape index (κ3) is 5.47. The number of rotatable bonds is 9. The van der Waals surface area contributed by atoms with E-state index in [1.165, 1.54) is 6.07 Å². The molecule has 2 heterocycles. The number of halogens is 2. The summed E-state index contributed by atoms with van der Waals surface area (Å²) >= 11 is 6.61. The Labute approximate surface area is 253 Å². The highest BCUT2D eigenvalue weighted by Gasteiger charge is 2.72. The second-order valence-corrected chi connectivity index (χ2v) is 12.5. The van der Waals surface area contributed by atoms with Gasteiger partial charge < -0.3 is 19.8 Å². The molecule has 0 saturated heterocycles. The first-order chi connectivity index (χ1) is 20.4. The van der Waals surface area contributed by atoms with Crippen molar-refractivity contribution in [3.8, 4) is 22.5 Å². The molecule has 3 saturated carbocycles. The van der Waals surface area contributed by atoms with Crippen LogP contribution in [0, 0.1) is 5.41 Å². The molecule has 9 nitrogen and oxygen atoms in total. The Kier molecular flexibility index (Phi) is 7.20. The van der Waals surface area contributed by atoms with E-state index in [0.717, 1.165) is 16.7 Å². The summed E-state index contributed by atoms with van der Waals surface area (Å²) in [5, 5.41) is 14.2. The van der Waals surface area contributed by atoms with Crippen molar-refractivity contribution in [1.82, 2.24) is 24.6 Å². The van der Waals surface area contributed by atoms with E-state index in [9.17, 15) is 18.8 Å². The summed E-state index contributed by atoms with van der Waals surface area (Å²) in [6.07, 6.45) is 4.08. The van der Waals surface area contributed by atoms with E-state index in [4.69, 9.17) is 11.6 Å². The van der Waals surface area contributed by atoms with Gasteiger partial charge in [0.15, 0.2) is 5.82 Å². The number of hydrogen-bond acceptors (Lipinski definition) is 5. The second-order valence-electron chi connectivity index (χ2n) is 12.1. The summed E-state index contributed by atoms with van der Waals surface area (Å²) in [4.78, 5) is 39.2. The van der Waals surface area contributed by atoms with Crippen molar-refractivity contribution in [1.29, 1.82) is 0 Å². The molecule has 3 fully saturated rings. The van der Waals surface area contributed by atoms with E-state index in [2.05, 4.69) is 20.8 Å². The van der Waals surface area contributed by atoms with Gasteiger partial charge in [-0.15, -0.1) is 10.2 Å². The summed E-state index contributed by atoms with van der Waals surface area (Å²) in [5.41, 5.74) is 1.57. The Hall–Kier alpha value is -4.31. The number of alkyl halides is 1. The lowest BCUT2D eigenvalue weighted by molar-refractivity contribution is -0.214. The number of anilines is 1. The Bertz CT molecular complexity index is 1760. The molecule has 0 aliphatic heterocycles. The van der Waals surface area contributed by atoms with Gasteiger partial charge in [0, 0.05) is 48.0 Å². The number of benzene rings is 2. The van der Waals surface area contributed by atoms with Crippen LogP contribution >= 0.6 is 11.6 Å². The lowest BCUT2D eigenvalue weighted by atomic mass is 9.42. The number of nitrogens with zero attached hydrogens (tertiary/aromatic N) is 4. The van der Waals surface area contributed by atoms with Crippen LogP contribution in [0.15, 0.2) is 71.9 Å². The van der Waals surface area contributed by atoms with Crippen LogP contribution in [0.1, 0.15) is 44.7 Å². The predicted molar refractivity (Wildman–Crippen MR) is 162 cm³/mol. The van der Waals surface area contributed by atoms with Gasteiger partial charge in [-0.05, 0) is 92.3 Å². The van der Waals surface area contributed by atoms with E-state index in [0.29, 0.717) is 22.1 Å². The molecule has 4 aromatic rings.